The van der Waals surface area contributed by atoms with Crippen molar-refractivity contribution in [2.45, 2.75) is 63.9 Å². The molecule has 0 bridgehead atoms. The molecule has 0 saturated heterocycles. The standard InChI is InChI=1S/C17H32O3/c1-16(10-5-4-6-11-16)20-14-17(12-18-2,13-19-3)15-8-7-9-15/h15H,4-14H2,1-3H3. The van der Waals surface area contributed by atoms with Gasteiger partial charge in [0.1, 0.15) is 0 Å². The molecular weight excluding hydrogens is 252 g/mol. The minimum atomic E-state index is 0.0577. The van der Waals surface area contributed by atoms with Gasteiger partial charge in [-0.2, -0.15) is 0 Å². The third kappa shape index (κ3) is 3.75. The summed E-state index contributed by atoms with van der Waals surface area (Å²) in [6.07, 6.45) is 10.3. The number of methoxy groups -OCH3 is 2. The van der Waals surface area contributed by atoms with Crippen LogP contribution in [0, 0.1) is 11.3 Å². The van der Waals surface area contributed by atoms with Gasteiger partial charge in [0.25, 0.3) is 0 Å². The Hall–Kier alpha value is -0.120. The monoisotopic (exact) mass is 284 g/mol. The maximum Gasteiger partial charge on any atom is 0.0654 e. The molecule has 0 aliphatic heterocycles. The molecule has 2 aliphatic rings. The Morgan fingerprint density at radius 2 is 1.50 bits per heavy atom. The van der Waals surface area contributed by atoms with E-state index in [1.54, 1.807) is 14.2 Å². The number of hydrogen-bond donors (Lipinski definition) is 0. The average Bonchev–Trinajstić information content (AvgIpc) is 2.36. The molecule has 0 aromatic heterocycles. The third-order valence-corrected chi connectivity index (χ3v) is 5.45. The fraction of sp³-hybridized carbons (Fsp3) is 1.00. The third-order valence-electron chi connectivity index (χ3n) is 5.45. The highest BCUT2D eigenvalue weighted by atomic mass is 16.5. The fourth-order valence-electron chi connectivity index (χ4n) is 3.84. The van der Waals surface area contributed by atoms with Crippen molar-refractivity contribution in [1.29, 1.82) is 0 Å². The summed E-state index contributed by atoms with van der Waals surface area (Å²) in [6, 6.07) is 0. The highest BCUT2D eigenvalue weighted by Crippen LogP contribution is 2.44. The van der Waals surface area contributed by atoms with Crippen molar-refractivity contribution >= 4 is 0 Å². The normalized spacial score (nSPS) is 23.6. The quantitative estimate of drug-likeness (QED) is 0.678. The van der Waals surface area contributed by atoms with Crippen molar-refractivity contribution < 1.29 is 14.2 Å². The summed E-state index contributed by atoms with van der Waals surface area (Å²) in [4.78, 5) is 0. The maximum absolute atomic E-state index is 6.44. The highest BCUT2D eigenvalue weighted by Gasteiger charge is 2.44. The molecule has 0 spiro atoms. The molecular formula is C17H32O3. The zero-order chi connectivity index (χ0) is 14.5. The first kappa shape index (κ1) is 16.3. The Labute approximate surface area is 124 Å². The van der Waals surface area contributed by atoms with Crippen LogP contribution in [0.5, 0.6) is 0 Å². The summed E-state index contributed by atoms with van der Waals surface area (Å²) in [5.41, 5.74) is 0.136. The van der Waals surface area contributed by atoms with Gasteiger partial charge in [0.15, 0.2) is 0 Å². The summed E-state index contributed by atoms with van der Waals surface area (Å²) in [7, 11) is 3.59. The second kappa shape index (κ2) is 7.24. The topological polar surface area (TPSA) is 27.7 Å². The first-order chi connectivity index (χ1) is 9.64. The Bertz CT molecular complexity index is 274. The molecule has 118 valence electrons. The number of hydrogen-bond acceptors (Lipinski definition) is 3. The molecule has 0 radical (unpaired) electrons. The van der Waals surface area contributed by atoms with Gasteiger partial charge in [0.05, 0.1) is 25.4 Å². The average molecular weight is 284 g/mol. The molecule has 0 aromatic carbocycles. The molecule has 20 heavy (non-hydrogen) atoms. The van der Waals surface area contributed by atoms with Crippen LogP contribution in [0.1, 0.15) is 58.3 Å². The van der Waals surface area contributed by atoms with E-state index in [1.807, 2.05) is 0 Å². The van der Waals surface area contributed by atoms with E-state index in [-0.39, 0.29) is 11.0 Å². The van der Waals surface area contributed by atoms with Gasteiger partial charge in [-0.25, -0.2) is 0 Å². The van der Waals surface area contributed by atoms with Crippen molar-refractivity contribution in [3.05, 3.63) is 0 Å². The van der Waals surface area contributed by atoms with Gasteiger partial charge in [-0.1, -0.05) is 25.7 Å². The Balaban J connectivity index is 1.98. The van der Waals surface area contributed by atoms with Crippen molar-refractivity contribution in [1.82, 2.24) is 0 Å². The number of rotatable bonds is 8. The molecule has 0 aromatic rings. The second-order valence-corrected chi connectivity index (χ2v) is 7.16. The van der Waals surface area contributed by atoms with Gasteiger partial charge in [-0.15, -0.1) is 0 Å². The maximum atomic E-state index is 6.44. The Morgan fingerprint density at radius 1 is 0.900 bits per heavy atom. The summed E-state index contributed by atoms with van der Waals surface area (Å²) < 4.78 is 17.5. The van der Waals surface area contributed by atoms with Crippen LogP contribution in [0.3, 0.4) is 0 Å². The zero-order valence-corrected chi connectivity index (χ0v) is 13.6. The largest absolute Gasteiger partial charge is 0.384 e. The van der Waals surface area contributed by atoms with E-state index < -0.39 is 0 Å². The van der Waals surface area contributed by atoms with E-state index in [9.17, 15) is 0 Å². The summed E-state index contributed by atoms with van der Waals surface area (Å²) in [5.74, 6) is 0.703. The zero-order valence-electron chi connectivity index (χ0n) is 13.6. The molecule has 2 aliphatic carbocycles. The van der Waals surface area contributed by atoms with Crippen molar-refractivity contribution in [2.75, 3.05) is 34.0 Å². The molecule has 0 heterocycles. The van der Waals surface area contributed by atoms with Gasteiger partial charge in [-0.05, 0) is 38.5 Å². The summed E-state index contributed by atoms with van der Waals surface area (Å²) in [6.45, 7) is 4.58. The van der Waals surface area contributed by atoms with Crippen LogP contribution < -0.4 is 0 Å². The lowest BCUT2D eigenvalue weighted by atomic mass is 9.66. The Morgan fingerprint density at radius 3 is 1.95 bits per heavy atom. The lowest BCUT2D eigenvalue weighted by molar-refractivity contribution is -0.150. The van der Waals surface area contributed by atoms with E-state index >= 15 is 0 Å². The van der Waals surface area contributed by atoms with Crippen LogP contribution in [0.2, 0.25) is 0 Å². The van der Waals surface area contributed by atoms with Crippen molar-refractivity contribution in [3.8, 4) is 0 Å². The van der Waals surface area contributed by atoms with Gasteiger partial charge < -0.3 is 14.2 Å². The first-order valence-corrected chi connectivity index (χ1v) is 8.26. The predicted octanol–water partition coefficient (Wildman–Crippen LogP) is 3.81. The molecule has 0 N–H and O–H groups in total. The van der Waals surface area contributed by atoms with Gasteiger partial charge >= 0.3 is 0 Å². The molecule has 3 heteroatoms. The van der Waals surface area contributed by atoms with Gasteiger partial charge in [0, 0.05) is 19.6 Å². The van der Waals surface area contributed by atoms with Crippen LogP contribution in [0.4, 0.5) is 0 Å². The summed E-state index contributed by atoms with van der Waals surface area (Å²) >= 11 is 0. The highest BCUT2D eigenvalue weighted by molar-refractivity contribution is 4.92. The van der Waals surface area contributed by atoms with E-state index in [4.69, 9.17) is 14.2 Å². The second-order valence-electron chi connectivity index (χ2n) is 7.16. The minimum absolute atomic E-state index is 0.0577. The van der Waals surface area contributed by atoms with Crippen molar-refractivity contribution in [3.63, 3.8) is 0 Å². The molecule has 0 unspecified atom stereocenters. The van der Waals surface area contributed by atoms with Crippen LogP contribution in [-0.4, -0.2) is 39.6 Å². The lowest BCUT2D eigenvalue weighted by Gasteiger charge is -2.46. The van der Waals surface area contributed by atoms with Gasteiger partial charge in [0.2, 0.25) is 0 Å². The smallest absolute Gasteiger partial charge is 0.0654 e. The van der Waals surface area contributed by atoms with E-state index in [0.717, 1.165) is 19.8 Å². The predicted molar refractivity (Wildman–Crippen MR) is 81.0 cm³/mol. The van der Waals surface area contributed by atoms with Crippen LogP contribution >= 0.6 is 0 Å². The molecule has 0 amide bonds. The van der Waals surface area contributed by atoms with E-state index in [2.05, 4.69) is 6.92 Å². The van der Waals surface area contributed by atoms with E-state index in [0.29, 0.717) is 5.92 Å². The Kier molecular flexibility index (Phi) is 5.88. The van der Waals surface area contributed by atoms with Crippen LogP contribution in [0.15, 0.2) is 0 Å². The summed E-state index contributed by atoms with van der Waals surface area (Å²) in [5, 5.41) is 0. The minimum Gasteiger partial charge on any atom is -0.384 e. The molecule has 2 fully saturated rings. The van der Waals surface area contributed by atoms with Crippen molar-refractivity contribution in [2.24, 2.45) is 11.3 Å². The van der Waals surface area contributed by atoms with Crippen LogP contribution in [0.25, 0.3) is 0 Å². The van der Waals surface area contributed by atoms with Gasteiger partial charge in [-0.3, -0.25) is 0 Å². The molecule has 2 saturated carbocycles. The van der Waals surface area contributed by atoms with E-state index in [1.165, 1.54) is 51.4 Å². The number of ether oxygens (including phenoxy) is 3. The molecule has 2 rings (SSSR count). The SMILES string of the molecule is COCC(COC)(COC1(C)CCCCC1)C1CCC1. The molecule has 0 atom stereocenters. The first-order valence-electron chi connectivity index (χ1n) is 8.26. The molecule has 3 nitrogen and oxygen atoms in total. The van der Waals surface area contributed by atoms with Crippen LogP contribution in [-0.2, 0) is 14.2 Å². The lowest BCUT2D eigenvalue weighted by Crippen LogP contribution is -2.48. The fourth-order valence-corrected chi connectivity index (χ4v) is 3.84.